The largest absolute Gasteiger partial charge is 0.373 e. The van der Waals surface area contributed by atoms with E-state index in [0.29, 0.717) is 13.2 Å². The summed E-state index contributed by atoms with van der Waals surface area (Å²) in [6.07, 6.45) is 17.5. The first-order valence-electron chi connectivity index (χ1n) is 11.7. The molecule has 0 bridgehead atoms. The van der Waals surface area contributed by atoms with Crippen LogP contribution in [0.4, 0.5) is 0 Å². The number of hydrogen-bond donors (Lipinski definition) is 0. The van der Waals surface area contributed by atoms with E-state index in [1.807, 2.05) is 19.1 Å². The van der Waals surface area contributed by atoms with Crippen LogP contribution in [0.2, 0.25) is 0 Å². The molecule has 0 unspecified atom stereocenters. The van der Waals surface area contributed by atoms with E-state index in [1.165, 1.54) is 48.8 Å². The van der Waals surface area contributed by atoms with Crippen LogP contribution < -0.4 is 0 Å². The smallest absolute Gasteiger partial charge is 0.0721 e. The van der Waals surface area contributed by atoms with E-state index in [-0.39, 0.29) is 0 Å². The number of ether oxygens (including phenoxy) is 1. The van der Waals surface area contributed by atoms with Gasteiger partial charge in [-0.1, -0.05) is 72.8 Å². The number of aryl methyl sites for hydroxylation is 2. The first-order valence-corrected chi connectivity index (χ1v) is 11.7. The molecule has 0 aliphatic heterocycles. The zero-order valence-corrected chi connectivity index (χ0v) is 18.9. The lowest BCUT2D eigenvalue weighted by molar-refractivity contribution is 0.148. The number of benzene rings is 2. The first kappa shape index (κ1) is 22.6. The molecule has 1 aliphatic carbocycles. The van der Waals surface area contributed by atoms with Gasteiger partial charge in [-0.25, -0.2) is 0 Å². The molecule has 1 fully saturated rings. The molecular weight excluding hydrogens is 364 g/mol. The summed E-state index contributed by atoms with van der Waals surface area (Å²) in [7, 11) is 0. The topological polar surface area (TPSA) is 9.23 Å². The van der Waals surface area contributed by atoms with Crippen LogP contribution in [0, 0.1) is 5.92 Å². The van der Waals surface area contributed by atoms with Gasteiger partial charge in [0.05, 0.1) is 13.2 Å². The summed E-state index contributed by atoms with van der Waals surface area (Å²) in [4.78, 5) is 0. The van der Waals surface area contributed by atoms with Crippen LogP contribution in [-0.2, 0) is 24.2 Å². The SMILES string of the molecule is CC=CCOCc1ccc(CCc2ccc(C3CCC(CC=CC)CC3)cc2)cc1. The average molecular weight is 403 g/mol. The number of hydrogen-bond acceptors (Lipinski definition) is 1. The Morgan fingerprint density at radius 1 is 0.733 bits per heavy atom. The molecule has 30 heavy (non-hydrogen) atoms. The standard InChI is InChI=1S/C29H38O/c1-3-5-7-24-14-18-28(19-15-24)29-20-16-26(17-21-29)9-8-25-10-12-27(13-11-25)23-30-22-6-4-2/h3-6,10-13,16-17,20-21,24,28H,7-9,14-15,18-19,22-23H2,1-2H3. The van der Waals surface area contributed by atoms with E-state index < -0.39 is 0 Å². The Hall–Kier alpha value is -2.12. The van der Waals surface area contributed by atoms with Crippen LogP contribution in [0.5, 0.6) is 0 Å². The van der Waals surface area contributed by atoms with Gasteiger partial charge in [0.25, 0.3) is 0 Å². The second-order valence-corrected chi connectivity index (χ2v) is 8.66. The summed E-state index contributed by atoms with van der Waals surface area (Å²) in [5.74, 6) is 1.67. The Kier molecular flexibility index (Phi) is 9.44. The highest BCUT2D eigenvalue weighted by atomic mass is 16.5. The van der Waals surface area contributed by atoms with Gasteiger partial charge >= 0.3 is 0 Å². The quantitative estimate of drug-likeness (QED) is 0.291. The van der Waals surface area contributed by atoms with Crippen molar-refractivity contribution in [2.24, 2.45) is 5.92 Å². The highest BCUT2D eigenvalue weighted by molar-refractivity contribution is 5.28. The van der Waals surface area contributed by atoms with Crippen molar-refractivity contribution in [1.29, 1.82) is 0 Å². The van der Waals surface area contributed by atoms with E-state index in [0.717, 1.165) is 24.7 Å². The fourth-order valence-corrected chi connectivity index (χ4v) is 4.45. The van der Waals surface area contributed by atoms with Gasteiger partial charge in [0, 0.05) is 0 Å². The molecule has 0 spiro atoms. The zero-order valence-electron chi connectivity index (χ0n) is 18.9. The molecule has 1 aliphatic rings. The van der Waals surface area contributed by atoms with Crippen molar-refractivity contribution in [2.75, 3.05) is 6.61 Å². The average Bonchev–Trinajstić information content (AvgIpc) is 2.81. The predicted octanol–water partition coefficient (Wildman–Crippen LogP) is 7.80. The van der Waals surface area contributed by atoms with Crippen molar-refractivity contribution in [3.8, 4) is 0 Å². The van der Waals surface area contributed by atoms with Crippen LogP contribution in [0.1, 0.15) is 74.1 Å². The van der Waals surface area contributed by atoms with Crippen LogP contribution in [0.25, 0.3) is 0 Å². The normalized spacial score (nSPS) is 19.7. The minimum absolute atomic E-state index is 0.684. The fourth-order valence-electron chi connectivity index (χ4n) is 4.45. The van der Waals surface area contributed by atoms with Crippen molar-refractivity contribution >= 4 is 0 Å². The Morgan fingerprint density at radius 2 is 1.30 bits per heavy atom. The lowest BCUT2D eigenvalue weighted by Gasteiger charge is -2.28. The van der Waals surface area contributed by atoms with Gasteiger partial charge in [0.15, 0.2) is 0 Å². The molecule has 0 amide bonds. The molecule has 160 valence electrons. The van der Waals surface area contributed by atoms with Crippen molar-refractivity contribution in [2.45, 2.75) is 71.3 Å². The Labute approximate surface area is 183 Å². The predicted molar refractivity (Wildman–Crippen MR) is 129 cm³/mol. The molecular formula is C29H38O. The van der Waals surface area contributed by atoms with Crippen LogP contribution >= 0.6 is 0 Å². The summed E-state index contributed by atoms with van der Waals surface area (Å²) in [5.41, 5.74) is 5.63. The van der Waals surface area contributed by atoms with E-state index >= 15 is 0 Å². The summed E-state index contributed by atoms with van der Waals surface area (Å²) < 4.78 is 5.62. The third-order valence-corrected chi connectivity index (χ3v) is 6.45. The number of rotatable bonds is 10. The highest BCUT2D eigenvalue weighted by Crippen LogP contribution is 2.37. The minimum atomic E-state index is 0.684. The van der Waals surface area contributed by atoms with Gasteiger partial charge < -0.3 is 4.74 Å². The fraction of sp³-hybridized carbons (Fsp3) is 0.448. The zero-order chi connectivity index (χ0) is 21.0. The molecule has 1 saturated carbocycles. The molecule has 0 aromatic heterocycles. The highest BCUT2D eigenvalue weighted by Gasteiger charge is 2.21. The number of allylic oxidation sites excluding steroid dienone is 3. The molecule has 1 heteroatoms. The molecule has 2 aromatic rings. The molecule has 0 radical (unpaired) electrons. The van der Waals surface area contributed by atoms with Gasteiger partial charge in [-0.05, 0) is 92.9 Å². The van der Waals surface area contributed by atoms with E-state index in [2.05, 4.69) is 67.6 Å². The second kappa shape index (κ2) is 12.5. The minimum Gasteiger partial charge on any atom is -0.373 e. The third kappa shape index (κ3) is 7.29. The molecule has 1 nitrogen and oxygen atoms in total. The van der Waals surface area contributed by atoms with E-state index in [9.17, 15) is 0 Å². The molecule has 2 aromatic carbocycles. The van der Waals surface area contributed by atoms with Gasteiger partial charge in [0.2, 0.25) is 0 Å². The summed E-state index contributed by atoms with van der Waals surface area (Å²) in [6.45, 7) is 5.52. The van der Waals surface area contributed by atoms with Crippen molar-refractivity contribution in [3.05, 3.63) is 95.1 Å². The maximum Gasteiger partial charge on any atom is 0.0721 e. The van der Waals surface area contributed by atoms with Gasteiger partial charge in [0.1, 0.15) is 0 Å². The van der Waals surface area contributed by atoms with Crippen LogP contribution in [-0.4, -0.2) is 6.61 Å². The van der Waals surface area contributed by atoms with Crippen molar-refractivity contribution < 1.29 is 4.74 Å². The Bertz CT molecular complexity index is 774. The van der Waals surface area contributed by atoms with Crippen molar-refractivity contribution in [1.82, 2.24) is 0 Å². The van der Waals surface area contributed by atoms with E-state index in [1.54, 1.807) is 5.56 Å². The Morgan fingerprint density at radius 3 is 1.90 bits per heavy atom. The summed E-state index contributed by atoms with van der Waals surface area (Å²) >= 11 is 0. The third-order valence-electron chi connectivity index (χ3n) is 6.45. The monoisotopic (exact) mass is 402 g/mol. The van der Waals surface area contributed by atoms with Crippen LogP contribution in [0.3, 0.4) is 0 Å². The lowest BCUT2D eigenvalue weighted by atomic mass is 9.77. The first-order chi connectivity index (χ1) is 14.8. The van der Waals surface area contributed by atoms with Crippen LogP contribution in [0.15, 0.2) is 72.8 Å². The van der Waals surface area contributed by atoms with E-state index in [4.69, 9.17) is 4.74 Å². The summed E-state index contributed by atoms with van der Waals surface area (Å²) in [6, 6.07) is 18.4. The van der Waals surface area contributed by atoms with Gasteiger partial charge in [-0.2, -0.15) is 0 Å². The molecule has 0 atom stereocenters. The second-order valence-electron chi connectivity index (χ2n) is 8.66. The maximum absolute atomic E-state index is 5.62. The molecule has 0 N–H and O–H groups in total. The van der Waals surface area contributed by atoms with Crippen molar-refractivity contribution in [3.63, 3.8) is 0 Å². The van der Waals surface area contributed by atoms with Gasteiger partial charge in [-0.3, -0.25) is 0 Å². The summed E-state index contributed by atoms with van der Waals surface area (Å²) in [5, 5.41) is 0. The Balaban J connectivity index is 1.42. The van der Waals surface area contributed by atoms with Gasteiger partial charge in [-0.15, -0.1) is 0 Å². The lowest BCUT2D eigenvalue weighted by Crippen LogP contribution is -2.12. The molecule has 3 rings (SSSR count). The molecule has 0 heterocycles. The molecule has 0 saturated heterocycles. The maximum atomic E-state index is 5.62.